The molecule has 0 aliphatic rings. The molecule has 0 spiro atoms. The number of carbonyl (C=O) groups is 1. The van der Waals surface area contributed by atoms with Crippen molar-refractivity contribution in [2.45, 2.75) is 16.9 Å². The van der Waals surface area contributed by atoms with Crippen LogP contribution in [0.25, 0.3) is 0 Å². The molecule has 0 radical (unpaired) electrons. The number of aromatic carboxylic acids is 1. The number of furan rings is 1. The zero-order valence-electron chi connectivity index (χ0n) is 10.1. The highest BCUT2D eigenvalue weighted by atomic mass is 79.9. The molecule has 20 heavy (non-hydrogen) atoms. The minimum Gasteiger partial charge on any atom is -0.475 e. The van der Waals surface area contributed by atoms with E-state index in [9.17, 15) is 14.9 Å². The molecule has 0 saturated heterocycles. The SMILES string of the molecule is Cc1cc(Sc2ccc(C(=O)O)o2)c(Br)cc1[N+](=O)[O-]. The Balaban J connectivity index is 2.31. The smallest absolute Gasteiger partial charge is 0.371 e. The first-order valence-electron chi connectivity index (χ1n) is 5.34. The van der Waals surface area contributed by atoms with E-state index in [0.717, 1.165) is 0 Å². The number of carboxylic acids is 1. The summed E-state index contributed by atoms with van der Waals surface area (Å²) in [7, 11) is 0. The average Bonchev–Trinajstić information content (AvgIpc) is 2.81. The predicted octanol–water partition coefficient (Wildman–Crippen LogP) is 4.11. The molecule has 1 heterocycles. The maximum atomic E-state index is 10.8. The zero-order chi connectivity index (χ0) is 14.9. The van der Waals surface area contributed by atoms with Crippen molar-refractivity contribution in [3.05, 3.63) is 50.2 Å². The van der Waals surface area contributed by atoms with Crippen LogP contribution in [0.15, 0.2) is 43.1 Å². The minimum absolute atomic E-state index is 0.0203. The van der Waals surface area contributed by atoms with Gasteiger partial charge in [-0.1, -0.05) is 11.8 Å². The standard InChI is InChI=1S/C12H8BrNO5S/c1-6-4-10(7(13)5-8(6)14(17)18)20-11-3-2-9(19-11)12(15)16/h2-5H,1H3,(H,15,16). The van der Waals surface area contributed by atoms with Crippen LogP contribution < -0.4 is 0 Å². The van der Waals surface area contributed by atoms with E-state index in [0.29, 0.717) is 20.0 Å². The van der Waals surface area contributed by atoms with E-state index in [1.807, 2.05) is 0 Å². The second-order valence-electron chi connectivity index (χ2n) is 3.85. The van der Waals surface area contributed by atoms with Crippen LogP contribution in [0.3, 0.4) is 0 Å². The third-order valence-corrected chi connectivity index (χ3v) is 4.35. The van der Waals surface area contributed by atoms with E-state index in [2.05, 4.69) is 15.9 Å². The molecule has 8 heteroatoms. The fourth-order valence-electron chi connectivity index (χ4n) is 1.52. The molecule has 104 valence electrons. The number of nitro benzene ring substituents is 1. The first kappa shape index (κ1) is 14.6. The molecule has 0 atom stereocenters. The highest BCUT2D eigenvalue weighted by Gasteiger charge is 2.16. The lowest BCUT2D eigenvalue weighted by atomic mass is 10.2. The van der Waals surface area contributed by atoms with E-state index in [4.69, 9.17) is 9.52 Å². The molecule has 0 bridgehead atoms. The Hall–Kier alpha value is -1.80. The lowest BCUT2D eigenvalue weighted by Crippen LogP contribution is -1.92. The molecule has 0 saturated carbocycles. The Morgan fingerprint density at radius 1 is 1.45 bits per heavy atom. The number of carboxylic acid groups (broad SMARTS) is 1. The fraction of sp³-hybridized carbons (Fsp3) is 0.0833. The molecule has 1 N–H and O–H groups in total. The molecule has 0 amide bonds. The van der Waals surface area contributed by atoms with Gasteiger partial charge in [0.25, 0.3) is 5.69 Å². The second-order valence-corrected chi connectivity index (χ2v) is 5.75. The second kappa shape index (κ2) is 5.68. The van der Waals surface area contributed by atoms with Gasteiger partial charge in [-0.25, -0.2) is 4.79 Å². The van der Waals surface area contributed by atoms with Gasteiger partial charge in [-0.3, -0.25) is 10.1 Å². The van der Waals surface area contributed by atoms with Crippen molar-refractivity contribution in [2.24, 2.45) is 0 Å². The first-order chi connectivity index (χ1) is 9.38. The molecular weight excluding hydrogens is 350 g/mol. The Morgan fingerprint density at radius 2 is 2.15 bits per heavy atom. The molecule has 0 fully saturated rings. The predicted molar refractivity (Wildman–Crippen MR) is 75.3 cm³/mol. The number of hydrogen-bond acceptors (Lipinski definition) is 5. The van der Waals surface area contributed by atoms with Crippen LogP contribution >= 0.6 is 27.7 Å². The fourth-order valence-corrected chi connectivity index (χ4v) is 2.97. The topological polar surface area (TPSA) is 93.6 Å². The molecule has 1 aromatic heterocycles. The zero-order valence-corrected chi connectivity index (χ0v) is 12.5. The van der Waals surface area contributed by atoms with Gasteiger partial charge < -0.3 is 9.52 Å². The van der Waals surface area contributed by atoms with Gasteiger partial charge in [-0.05, 0) is 41.1 Å². The number of aryl methyl sites for hydroxylation is 1. The summed E-state index contributed by atoms with van der Waals surface area (Å²) in [6.07, 6.45) is 0. The average molecular weight is 358 g/mol. The molecule has 0 aliphatic heterocycles. The van der Waals surface area contributed by atoms with Gasteiger partial charge in [0.15, 0.2) is 5.09 Å². The third kappa shape index (κ3) is 3.02. The van der Waals surface area contributed by atoms with Crippen molar-refractivity contribution in [3.8, 4) is 0 Å². The number of benzene rings is 1. The Bertz CT molecular complexity index is 697. The van der Waals surface area contributed by atoms with Gasteiger partial charge in [0.1, 0.15) is 0 Å². The number of nitro groups is 1. The summed E-state index contributed by atoms with van der Waals surface area (Å²) in [4.78, 5) is 21.8. The van der Waals surface area contributed by atoms with Crippen molar-refractivity contribution < 1.29 is 19.2 Å². The number of nitrogens with zero attached hydrogens (tertiary/aromatic N) is 1. The normalized spacial score (nSPS) is 10.5. The van der Waals surface area contributed by atoms with Gasteiger partial charge in [0, 0.05) is 21.0 Å². The quantitative estimate of drug-likeness (QED) is 0.653. The van der Waals surface area contributed by atoms with Gasteiger partial charge in [0.05, 0.1) is 4.92 Å². The van der Waals surface area contributed by atoms with E-state index in [-0.39, 0.29) is 11.4 Å². The maximum Gasteiger partial charge on any atom is 0.371 e. The monoisotopic (exact) mass is 357 g/mol. The Kier molecular flexibility index (Phi) is 4.15. The van der Waals surface area contributed by atoms with Crippen LogP contribution in [0.2, 0.25) is 0 Å². The van der Waals surface area contributed by atoms with Crippen molar-refractivity contribution in [3.63, 3.8) is 0 Å². The highest BCUT2D eigenvalue weighted by Crippen LogP contribution is 2.37. The van der Waals surface area contributed by atoms with E-state index < -0.39 is 10.9 Å². The van der Waals surface area contributed by atoms with Crippen molar-refractivity contribution in [1.29, 1.82) is 0 Å². The van der Waals surface area contributed by atoms with Gasteiger partial charge >= 0.3 is 5.97 Å². The summed E-state index contributed by atoms with van der Waals surface area (Å²) < 4.78 is 5.68. The Morgan fingerprint density at radius 3 is 2.70 bits per heavy atom. The molecular formula is C12H8BrNO5S. The van der Waals surface area contributed by atoms with Crippen LogP contribution in [0.4, 0.5) is 5.69 Å². The van der Waals surface area contributed by atoms with Gasteiger partial charge in [0.2, 0.25) is 5.76 Å². The largest absolute Gasteiger partial charge is 0.475 e. The lowest BCUT2D eigenvalue weighted by molar-refractivity contribution is -0.385. The lowest BCUT2D eigenvalue weighted by Gasteiger charge is -2.04. The maximum absolute atomic E-state index is 10.8. The van der Waals surface area contributed by atoms with Crippen LogP contribution in [-0.4, -0.2) is 16.0 Å². The molecule has 1 aromatic carbocycles. The van der Waals surface area contributed by atoms with Crippen LogP contribution in [-0.2, 0) is 0 Å². The summed E-state index contributed by atoms with van der Waals surface area (Å²) in [6.45, 7) is 1.64. The van der Waals surface area contributed by atoms with Crippen molar-refractivity contribution in [1.82, 2.24) is 0 Å². The van der Waals surface area contributed by atoms with Crippen LogP contribution in [0.1, 0.15) is 16.1 Å². The van der Waals surface area contributed by atoms with Crippen LogP contribution in [0.5, 0.6) is 0 Å². The molecule has 0 unspecified atom stereocenters. The number of rotatable bonds is 4. The van der Waals surface area contributed by atoms with Gasteiger partial charge in [-0.2, -0.15) is 0 Å². The summed E-state index contributed by atoms with van der Waals surface area (Å²) in [5.41, 5.74) is 0.539. The van der Waals surface area contributed by atoms with E-state index in [1.54, 1.807) is 13.0 Å². The van der Waals surface area contributed by atoms with E-state index in [1.165, 1.54) is 30.0 Å². The van der Waals surface area contributed by atoms with Crippen LogP contribution in [0, 0.1) is 17.0 Å². The van der Waals surface area contributed by atoms with Crippen molar-refractivity contribution in [2.75, 3.05) is 0 Å². The summed E-state index contributed by atoms with van der Waals surface area (Å²) >= 11 is 4.45. The summed E-state index contributed by atoms with van der Waals surface area (Å²) in [5.74, 6) is -1.29. The summed E-state index contributed by atoms with van der Waals surface area (Å²) in [5, 5.41) is 20.0. The first-order valence-corrected chi connectivity index (χ1v) is 6.95. The molecule has 2 aromatic rings. The number of hydrogen-bond donors (Lipinski definition) is 1. The minimum atomic E-state index is -1.14. The van der Waals surface area contributed by atoms with E-state index >= 15 is 0 Å². The third-order valence-electron chi connectivity index (χ3n) is 2.45. The van der Waals surface area contributed by atoms with Crippen molar-refractivity contribution >= 4 is 39.3 Å². The summed E-state index contributed by atoms with van der Waals surface area (Å²) in [6, 6.07) is 5.96. The highest BCUT2D eigenvalue weighted by molar-refractivity contribution is 9.10. The molecule has 0 aliphatic carbocycles. The molecule has 2 rings (SSSR count). The number of halogens is 1. The molecule has 6 nitrogen and oxygen atoms in total. The van der Waals surface area contributed by atoms with Gasteiger partial charge in [-0.15, -0.1) is 0 Å². The Labute approximate surface area is 126 Å².